The van der Waals surface area contributed by atoms with E-state index in [1.807, 2.05) is 29.6 Å². The van der Waals surface area contributed by atoms with Crippen molar-refractivity contribution in [3.8, 4) is 23.7 Å². The van der Waals surface area contributed by atoms with Crippen molar-refractivity contribution >= 4 is 11.8 Å². The molecule has 0 fully saturated rings. The largest absolute Gasteiger partial charge is 0.381 e. The van der Waals surface area contributed by atoms with E-state index in [1.54, 1.807) is 0 Å². The van der Waals surface area contributed by atoms with Crippen molar-refractivity contribution in [1.82, 2.24) is 10.8 Å². The van der Waals surface area contributed by atoms with Gasteiger partial charge >= 0.3 is 0 Å². The standard InChI is InChI=1S/C23H21F2N3O4/c1-23(31,22(24)25)19(21(30)28-32)27-20(29)18-12-10-16(11-13-18)5-3-2-4-15-6-8-17(14-26)9-7-15/h6-13,19,22,31-32H,14,26H2,1H3,(H,27,29)(H,28,30)/t19-,23?/m1/s1. The van der Waals surface area contributed by atoms with Crippen LogP contribution in [0.25, 0.3) is 0 Å². The molecule has 7 nitrogen and oxygen atoms in total. The molecule has 0 heterocycles. The van der Waals surface area contributed by atoms with E-state index in [0.717, 1.165) is 16.6 Å². The number of nitrogens with two attached hydrogens (primary N) is 1. The zero-order valence-electron chi connectivity index (χ0n) is 17.0. The molecule has 0 radical (unpaired) electrons. The van der Waals surface area contributed by atoms with Gasteiger partial charge in [-0.1, -0.05) is 24.0 Å². The molecular formula is C23H21F2N3O4. The van der Waals surface area contributed by atoms with Crippen LogP contribution < -0.4 is 16.5 Å². The molecule has 2 atom stereocenters. The van der Waals surface area contributed by atoms with Gasteiger partial charge in [-0.2, -0.15) is 0 Å². The minimum Gasteiger partial charge on any atom is -0.381 e. The Morgan fingerprint density at radius 2 is 1.53 bits per heavy atom. The van der Waals surface area contributed by atoms with Gasteiger partial charge < -0.3 is 16.2 Å². The predicted octanol–water partition coefficient (Wildman–Crippen LogP) is 1.17. The number of hydroxylamine groups is 1. The number of nitrogens with one attached hydrogen (secondary N) is 2. The molecule has 0 saturated heterocycles. The molecule has 2 aromatic carbocycles. The van der Waals surface area contributed by atoms with Crippen molar-refractivity contribution in [1.29, 1.82) is 0 Å². The maximum Gasteiger partial charge on any atom is 0.269 e. The predicted molar refractivity (Wildman–Crippen MR) is 112 cm³/mol. The van der Waals surface area contributed by atoms with Gasteiger partial charge in [0, 0.05) is 23.2 Å². The molecule has 0 bridgehead atoms. The first kappa shape index (κ1) is 24.5. The van der Waals surface area contributed by atoms with Gasteiger partial charge in [-0.25, -0.2) is 14.3 Å². The molecule has 2 aromatic rings. The van der Waals surface area contributed by atoms with Crippen LogP contribution in [0, 0.1) is 23.7 Å². The van der Waals surface area contributed by atoms with Crippen LogP contribution in [-0.4, -0.2) is 40.2 Å². The molecule has 0 aliphatic carbocycles. The Balaban J connectivity index is 2.08. The maximum atomic E-state index is 13.1. The second-order valence-electron chi connectivity index (χ2n) is 6.89. The number of amides is 2. The first-order chi connectivity index (χ1) is 15.2. The fourth-order valence-corrected chi connectivity index (χ4v) is 2.52. The van der Waals surface area contributed by atoms with Crippen LogP contribution in [0.15, 0.2) is 48.5 Å². The molecule has 9 heteroatoms. The van der Waals surface area contributed by atoms with E-state index in [2.05, 4.69) is 23.7 Å². The van der Waals surface area contributed by atoms with Crippen molar-refractivity contribution in [2.24, 2.45) is 5.73 Å². The normalized spacial score (nSPS) is 13.0. The molecule has 1 unspecified atom stereocenters. The third kappa shape index (κ3) is 6.37. The summed E-state index contributed by atoms with van der Waals surface area (Å²) < 4.78 is 26.1. The Hall–Kier alpha value is -3.76. The zero-order chi connectivity index (χ0) is 23.7. The smallest absolute Gasteiger partial charge is 0.269 e. The summed E-state index contributed by atoms with van der Waals surface area (Å²) in [5.74, 6) is 8.78. The summed E-state index contributed by atoms with van der Waals surface area (Å²) in [4.78, 5) is 24.0. The van der Waals surface area contributed by atoms with Gasteiger partial charge in [-0.3, -0.25) is 14.8 Å². The summed E-state index contributed by atoms with van der Waals surface area (Å²) in [6.45, 7) is 1.12. The molecule has 32 heavy (non-hydrogen) atoms. The maximum absolute atomic E-state index is 13.1. The van der Waals surface area contributed by atoms with Gasteiger partial charge in [0.1, 0.15) is 6.04 Å². The Bertz CT molecular complexity index is 1080. The van der Waals surface area contributed by atoms with Crippen molar-refractivity contribution in [2.75, 3.05) is 0 Å². The summed E-state index contributed by atoms with van der Waals surface area (Å²) in [5, 5.41) is 20.6. The summed E-state index contributed by atoms with van der Waals surface area (Å²) in [6, 6.07) is 11.1. The molecule has 166 valence electrons. The number of aliphatic hydroxyl groups is 1. The highest BCUT2D eigenvalue weighted by atomic mass is 19.3. The van der Waals surface area contributed by atoms with E-state index in [1.165, 1.54) is 24.3 Å². The number of rotatable bonds is 6. The molecular weight excluding hydrogens is 420 g/mol. The number of alkyl halides is 2. The Kier molecular flexibility index (Phi) is 8.45. The van der Waals surface area contributed by atoms with Crippen LogP contribution in [0.1, 0.15) is 34.0 Å². The summed E-state index contributed by atoms with van der Waals surface area (Å²) >= 11 is 0. The van der Waals surface area contributed by atoms with Crippen molar-refractivity contribution < 1.29 is 28.7 Å². The highest BCUT2D eigenvalue weighted by Gasteiger charge is 2.46. The second-order valence-corrected chi connectivity index (χ2v) is 6.89. The fraction of sp³-hybridized carbons (Fsp3) is 0.217. The minimum atomic E-state index is -3.36. The molecule has 0 aliphatic heterocycles. The van der Waals surface area contributed by atoms with E-state index < -0.39 is 29.9 Å². The fourth-order valence-electron chi connectivity index (χ4n) is 2.52. The van der Waals surface area contributed by atoms with Crippen LogP contribution in [0.4, 0.5) is 8.78 Å². The van der Waals surface area contributed by atoms with E-state index in [0.29, 0.717) is 19.0 Å². The van der Waals surface area contributed by atoms with Gasteiger partial charge in [0.05, 0.1) is 0 Å². The van der Waals surface area contributed by atoms with Gasteiger partial charge in [0.2, 0.25) is 0 Å². The number of hydrogen-bond donors (Lipinski definition) is 5. The Morgan fingerprint density at radius 3 is 1.97 bits per heavy atom. The van der Waals surface area contributed by atoms with E-state index in [4.69, 9.17) is 10.9 Å². The van der Waals surface area contributed by atoms with Gasteiger partial charge in [-0.05, 0) is 60.7 Å². The molecule has 2 rings (SSSR count). The van der Waals surface area contributed by atoms with E-state index >= 15 is 0 Å². The lowest BCUT2D eigenvalue weighted by molar-refractivity contribution is -0.149. The number of benzene rings is 2. The topological polar surface area (TPSA) is 125 Å². The number of hydrogen-bond acceptors (Lipinski definition) is 5. The second kappa shape index (κ2) is 11.0. The first-order valence-corrected chi connectivity index (χ1v) is 9.35. The van der Waals surface area contributed by atoms with Crippen LogP contribution in [0.2, 0.25) is 0 Å². The minimum absolute atomic E-state index is 0.0300. The molecule has 6 N–H and O–H groups in total. The molecule has 0 saturated carbocycles. The lowest BCUT2D eigenvalue weighted by atomic mass is 9.95. The summed E-state index contributed by atoms with van der Waals surface area (Å²) in [6.07, 6.45) is -3.36. The lowest BCUT2D eigenvalue weighted by Crippen LogP contribution is -2.61. The van der Waals surface area contributed by atoms with Crippen molar-refractivity contribution in [2.45, 2.75) is 31.5 Å². The highest BCUT2D eigenvalue weighted by molar-refractivity contribution is 5.97. The number of carbonyl (C=O) groups is 2. The number of carbonyl (C=O) groups excluding carboxylic acids is 2. The third-order valence-electron chi connectivity index (χ3n) is 4.49. The SMILES string of the molecule is CC(O)(C(F)F)[C@H](NC(=O)c1ccc(C#CC#Cc2ccc(CN)cc2)cc1)C(=O)NO. The average molecular weight is 441 g/mol. The van der Waals surface area contributed by atoms with Crippen LogP contribution in [-0.2, 0) is 11.3 Å². The lowest BCUT2D eigenvalue weighted by Gasteiger charge is -2.30. The van der Waals surface area contributed by atoms with Gasteiger partial charge in [-0.15, -0.1) is 0 Å². The quantitative estimate of drug-likeness (QED) is 0.262. The number of halogens is 2. The molecule has 2 amide bonds. The molecule has 0 aliphatic rings. The average Bonchev–Trinajstić information content (AvgIpc) is 2.80. The molecule has 0 aromatic heterocycles. The summed E-state index contributed by atoms with van der Waals surface area (Å²) in [5.41, 5.74) is 6.13. The Morgan fingerprint density at radius 1 is 1.03 bits per heavy atom. The van der Waals surface area contributed by atoms with E-state index in [9.17, 15) is 23.5 Å². The van der Waals surface area contributed by atoms with Gasteiger partial charge in [0.15, 0.2) is 5.60 Å². The highest BCUT2D eigenvalue weighted by Crippen LogP contribution is 2.20. The van der Waals surface area contributed by atoms with Crippen LogP contribution in [0.3, 0.4) is 0 Å². The zero-order valence-corrected chi connectivity index (χ0v) is 17.0. The van der Waals surface area contributed by atoms with Crippen LogP contribution in [0.5, 0.6) is 0 Å². The monoisotopic (exact) mass is 441 g/mol. The van der Waals surface area contributed by atoms with Gasteiger partial charge in [0.25, 0.3) is 18.2 Å². The van der Waals surface area contributed by atoms with Crippen LogP contribution >= 0.6 is 0 Å². The van der Waals surface area contributed by atoms with Crippen molar-refractivity contribution in [3.63, 3.8) is 0 Å². The van der Waals surface area contributed by atoms with Crippen molar-refractivity contribution in [3.05, 3.63) is 70.8 Å². The van der Waals surface area contributed by atoms with E-state index in [-0.39, 0.29) is 5.56 Å². The first-order valence-electron chi connectivity index (χ1n) is 9.35. The summed E-state index contributed by atoms with van der Waals surface area (Å²) in [7, 11) is 0. The molecule has 0 spiro atoms. The Labute approximate surface area is 183 Å². The third-order valence-corrected chi connectivity index (χ3v) is 4.49.